The van der Waals surface area contributed by atoms with E-state index in [1.807, 2.05) is 0 Å². The van der Waals surface area contributed by atoms with Crippen molar-refractivity contribution in [1.82, 2.24) is 30.2 Å². The largest absolute Gasteiger partial charge is 0.335 e. The van der Waals surface area contributed by atoms with Gasteiger partial charge in [0.15, 0.2) is 5.65 Å². The van der Waals surface area contributed by atoms with Crippen molar-refractivity contribution >= 4 is 52.5 Å². The Morgan fingerprint density at radius 3 is 2.79 bits per heavy atom. The highest BCUT2D eigenvalue weighted by molar-refractivity contribution is 6.34. The second kappa shape index (κ2) is 6.35. The van der Waals surface area contributed by atoms with Crippen LogP contribution in [0.25, 0.3) is 11.0 Å². The number of H-pyrrole nitrogens is 1. The molecule has 28 heavy (non-hydrogen) atoms. The molecule has 12 heteroatoms. The highest BCUT2D eigenvalue weighted by Gasteiger charge is 2.48. The van der Waals surface area contributed by atoms with Crippen LogP contribution in [0.2, 0.25) is 5.02 Å². The molecular formula is C16H16Cl2N8O2. The molecule has 3 aromatic heterocycles. The Kier molecular flexibility index (Phi) is 4.20. The first-order chi connectivity index (χ1) is 13.0. The minimum atomic E-state index is -0.539. The lowest BCUT2D eigenvalue weighted by Crippen LogP contribution is -2.72. The van der Waals surface area contributed by atoms with Gasteiger partial charge >= 0.3 is 0 Å². The van der Waals surface area contributed by atoms with Crippen molar-refractivity contribution in [3.05, 3.63) is 39.7 Å². The monoisotopic (exact) mass is 422 g/mol. The SMILES string of the molecule is CN1n2c(c(Cl)cc(Nc3ncnc4[nH]ncc34)c2=O)C(=O)NC12CCC2.Cl. The molecule has 10 nitrogen and oxygen atoms in total. The molecule has 0 aromatic carbocycles. The average Bonchev–Trinajstić information content (AvgIpc) is 3.09. The van der Waals surface area contributed by atoms with Gasteiger partial charge in [0.25, 0.3) is 11.5 Å². The molecule has 1 amide bonds. The number of rotatable bonds is 2. The summed E-state index contributed by atoms with van der Waals surface area (Å²) in [4.78, 5) is 34.0. The maximum Gasteiger partial charge on any atom is 0.293 e. The number of amides is 1. The third kappa shape index (κ3) is 2.45. The van der Waals surface area contributed by atoms with E-state index in [2.05, 4.69) is 30.8 Å². The van der Waals surface area contributed by atoms with E-state index in [9.17, 15) is 9.59 Å². The van der Waals surface area contributed by atoms with Crippen LogP contribution in [0.1, 0.15) is 29.8 Å². The van der Waals surface area contributed by atoms with Crippen LogP contribution in [0, 0.1) is 0 Å². The number of aromatic amines is 1. The summed E-state index contributed by atoms with van der Waals surface area (Å²) < 4.78 is 1.34. The summed E-state index contributed by atoms with van der Waals surface area (Å²) in [5, 5.41) is 15.2. The topological polar surface area (TPSA) is 121 Å². The number of hydrogen-bond donors (Lipinski definition) is 3. The molecule has 0 radical (unpaired) electrons. The second-order valence-electron chi connectivity index (χ2n) is 6.71. The molecule has 1 spiro atoms. The van der Waals surface area contributed by atoms with Crippen LogP contribution >= 0.6 is 24.0 Å². The van der Waals surface area contributed by atoms with Crippen molar-refractivity contribution in [1.29, 1.82) is 0 Å². The zero-order valence-electron chi connectivity index (χ0n) is 14.7. The predicted molar refractivity (Wildman–Crippen MR) is 106 cm³/mol. The maximum absolute atomic E-state index is 13.2. The Bertz CT molecular complexity index is 1150. The fourth-order valence-corrected chi connectivity index (χ4v) is 3.92. The smallest absolute Gasteiger partial charge is 0.293 e. The van der Waals surface area contributed by atoms with Gasteiger partial charge in [-0.05, 0) is 25.3 Å². The molecule has 1 fully saturated rings. The minimum Gasteiger partial charge on any atom is -0.335 e. The standard InChI is InChI=1S/C16H15ClN8O2.ClH/c1-24-16(3-2-4-16)22-14(26)11-9(17)5-10(15(27)25(11)24)21-12-8-6-20-23-13(8)19-7-18-12;/h5-7H,2-4H2,1H3,(H,22,26)(H2,18,19,20,21,23);1H. The quantitative estimate of drug-likeness (QED) is 0.572. The van der Waals surface area contributed by atoms with Crippen LogP contribution in [0.4, 0.5) is 11.5 Å². The van der Waals surface area contributed by atoms with Gasteiger partial charge in [-0.3, -0.25) is 19.7 Å². The van der Waals surface area contributed by atoms with Crippen LogP contribution < -0.4 is 21.2 Å². The number of nitrogens with one attached hydrogen (secondary N) is 3. The Morgan fingerprint density at radius 2 is 2.07 bits per heavy atom. The van der Waals surface area contributed by atoms with E-state index >= 15 is 0 Å². The van der Waals surface area contributed by atoms with E-state index in [0.29, 0.717) is 16.9 Å². The van der Waals surface area contributed by atoms with Gasteiger partial charge in [-0.15, -0.1) is 12.4 Å². The molecule has 4 heterocycles. The third-order valence-corrected chi connectivity index (χ3v) is 5.58. The molecule has 1 saturated carbocycles. The van der Waals surface area contributed by atoms with Crippen molar-refractivity contribution in [3.63, 3.8) is 0 Å². The van der Waals surface area contributed by atoms with E-state index in [4.69, 9.17) is 11.6 Å². The molecule has 2 aliphatic rings. The fourth-order valence-electron chi connectivity index (χ4n) is 3.65. The summed E-state index contributed by atoms with van der Waals surface area (Å²) in [6, 6.07) is 1.44. The molecular weight excluding hydrogens is 407 g/mol. The first kappa shape index (κ1) is 18.5. The Hall–Kier alpha value is -2.85. The van der Waals surface area contributed by atoms with Crippen molar-refractivity contribution in [2.45, 2.75) is 24.9 Å². The van der Waals surface area contributed by atoms with Gasteiger partial charge in [-0.25, -0.2) is 14.6 Å². The minimum absolute atomic E-state index is 0. The molecule has 3 aromatic rings. The van der Waals surface area contributed by atoms with Crippen molar-refractivity contribution in [3.8, 4) is 0 Å². The molecule has 0 saturated heterocycles. The normalized spacial score (nSPS) is 16.9. The lowest BCUT2D eigenvalue weighted by atomic mass is 9.83. The lowest BCUT2D eigenvalue weighted by molar-refractivity contribution is 0.0700. The van der Waals surface area contributed by atoms with Gasteiger partial charge < -0.3 is 10.6 Å². The van der Waals surface area contributed by atoms with Crippen molar-refractivity contribution in [2.24, 2.45) is 0 Å². The fraction of sp³-hybridized carbons (Fsp3) is 0.312. The van der Waals surface area contributed by atoms with Crippen LogP contribution in [0.3, 0.4) is 0 Å². The maximum atomic E-state index is 13.2. The molecule has 3 N–H and O–H groups in total. The van der Waals surface area contributed by atoms with Crippen LogP contribution in [-0.2, 0) is 0 Å². The molecule has 1 aliphatic heterocycles. The van der Waals surface area contributed by atoms with Crippen molar-refractivity contribution in [2.75, 3.05) is 17.4 Å². The van der Waals surface area contributed by atoms with E-state index in [-0.39, 0.29) is 40.3 Å². The first-order valence-corrected chi connectivity index (χ1v) is 8.81. The number of carbonyl (C=O) groups excluding carboxylic acids is 1. The predicted octanol–water partition coefficient (Wildman–Crippen LogP) is 1.52. The summed E-state index contributed by atoms with van der Waals surface area (Å²) in [5.41, 5.74) is -0.0398. The number of aromatic nitrogens is 5. The van der Waals surface area contributed by atoms with Gasteiger partial charge in [-0.1, -0.05) is 11.6 Å². The van der Waals surface area contributed by atoms with Gasteiger partial charge in [-0.2, -0.15) is 5.10 Å². The highest BCUT2D eigenvalue weighted by atomic mass is 35.5. The van der Waals surface area contributed by atoms with Gasteiger partial charge in [0.2, 0.25) is 0 Å². The van der Waals surface area contributed by atoms with Gasteiger partial charge in [0.1, 0.15) is 29.2 Å². The van der Waals surface area contributed by atoms with E-state index in [0.717, 1.165) is 19.3 Å². The number of pyridine rings is 1. The van der Waals surface area contributed by atoms with Crippen molar-refractivity contribution < 1.29 is 4.79 Å². The second-order valence-corrected chi connectivity index (χ2v) is 7.12. The first-order valence-electron chi connectivity index (χ1n) is 8.43. The zero-order chi connectivity index (χ0) is 18.8. The molecule has 0 unspecified atom stereocenters. The zero-order valence-corrected chi connectivity index (χ0v) is 16.3. The van der Waals surface area contributed by atoms with Crippen LogP contribution in [-0.4, -0.2) is 43.5 Å². The van der Waals surface area contributed by atoms with E-state index in [1.54, 1.807) is 18.3 Å². The summed E-state index contributed by atoms with van der Waals surface area (Å²) in [6.07, 6.45) is 5.47. The average molecular weight is 423 g/mol. The molecule has 146 valence electrons. The number of fused-ring (bicyclic) bond motifs is 2. The van der Waals surface area contributed by atoms with E-state index in [1.165, 1.54) is 17.1 Å². The third-order valence-electron chi connectivity index (χ3n) is 5.29. The summed E-state index contributed by atoms with van der Waals surface area (Å²) in [5.74, 6) is 0.0736. The number of hydrogen-bond acceptors (Lipinski definition) is 7. The molecule has 1 aliphatic carbocycles. The molecule has 5 rings (SSSR count). The van der Waals surface area contributed by atoms with E-state index < -0.39 is 5.66 Å². The van der Waals surface area contributed by atoms with Crippen LogP contribution in [0.15, 0.2) is 23.4 Å². The number of anilines is 2. The summed E-state index contributed by atoms with van der Waals surface area (Å²) in [7, 11) is 1.78. The summed E-state index contributed by atoms with van der Waals surface area (Å²) >= 11 is 6.36. The van der Waals surface area contributed by atoms with Gasteiger partial charge in [0, 0.05) is 7.05 Å². The number of carbonyl (C=O) groups is 1. The number of nitrogens with zero attached hydrogens (tertiary/aromatic N) is 5. The Balaban J connectivity index is 0.00000192. The molecule has 0 bridgehead atoms. The highest BCUT2D eigenvalue weighted by Crippen LogP contribution is 2.37. The van der Waals surface area contributed by atoms with Gasteiger partial charge in [0.05, 0.1) is 16.6 Å². The summed E-state index contributed by atoms with van der Waals surface area (Å²) in [6.45, 7) is 0. The Morgan fingerprint density at radius 1 is 1.29 bits per heavy atom. The van der Waals surface area contributed by atoms with Crippen LogP contribution in [0.5, 0.6) is 0 Å². The number of halogens is 2. The lowest BCUT2D eigenvalue weighted by Gasteiger charge is -2.53. The molecule has 0 atom stereocenters. The Labute approximate surface area is 169 Å².